The average Bonchev–Trinajstić information content (AvgIpc) is 3.30. The number of aromatic nitrogens is 5. The van der Waals surface area contributed by atoms with E-state index < -0.39 is 0 Å². The van der Waals surface area contributed by atoms with Crippen LogP contribution in [0.25, 0.3) is 10.2 Å². The average molecular weight is 392 g/mol. The van der Waals surface area contributed by atoms with E-state index in [9.17, 15) is 0 Å². The van der Waals surface area contributed by atoms with Gasteiger partial charge >= 0.3 is 0 Å². The van der Waals surface area contributed by atoms with Crippen molar-refractivity contribution < 1.29 is 0 Å². The lowest BCUT2D eigenvalue weighted by Crippen LogP contribution is -2.30. The van der Waals surface area contributed by atoms with E-state index in [0.717, 1.165) is 43.2 Å². The Kier molecular flexibility index (Phi) is 4.50. The standard InChI is InChI=1S/C20H21N7S/c1-14(15-2-3-18-17(10-15)23-13-28-18)26-7-5-16-11-20(25-27(16)9-8-26)24-19-4-6-21-12-22-19/h2-4,6,10-14H,5,7-9H2,1H3,(H,21,22,24,25). The first-order valence-electron chi connectivity index (χ1n) is 9.43. The monoisotopic (exact) mass is 391 g/mol. The Hall–Kier alpha value is -2.84. The molecule has 7 nitrogen and oxygen atoms in total. The molecule has 8 heteroatoms. The summed E-state index contributed by atoms with van der Waals surface area (Å²) in [6.07, 6.45) is 4.23. The topological polar surface area (TPSA) is 71.8 Å². The highest BCUT2D eigenvalue weighted by Crippen LogP contribution is 2.27. The third-order valence-corrected chi connectivity index (χ3v) is 6.15. The summed E-state index contributed by atoms with van der Waals surface area (Å²) in [7, 11) is 0. The van der Waals surface area contributed by atoms with Crippen molar-refractivity contribution in [1.82, 2.24) is 29.6 Å². The molecule has 1 atom stereocenters. The van der Waals surface area contributed by atoms with E-state index in [0.29, 0.717) is 6.04 Å². The molecule has 142 valence electrons. The predicted octanol–water partition coefficient (Wildman–Crippen LogP) is 3.65. The highest BCUT2D eigenvalue weighted by molar-refractivity contribution is 7.16. The number of benzene rings is 1. The van der Waals surface area contributed by atoms with Gasteiger partial charge in [-0.15, -0.1) is 11.3 Å². The van der Waals surface area contributed by atoms with Crippen LogP contribution in [0.1, 0.15) is 24.2 Å². The number of nitrogens with zero attached hydrogens (tertiary/aromatic N) is 6. The zero-order chi connectivity index (χ0) is 18.9. The molecule has 3 aromatic heterocycles. The van der Waals surface area contributed by atoms with Crippen molar-refractivity contribution in [2.45, 2.75) is 25.9 Å². The van der Waals surface area contributed by atoms with Crippen molar-refractivity contribution in [3.8, 4) is 0 Å². The first-order valence-corrected chi connectivity index (χ1v) is 10.3. The smallest absolute Gasteiger partial charge is 0.153 e. The number of thiazole rings is 1. The summed E-state index contributed by atoms with van der Waals surface area (Å²) < 4.78 is 3.36. The van der Waals surface area contributed by atoms with Crippen LogP contribution in [-0.4, -0.2) is 42.7 Å². The van der Waals surface area contributed by atoms with Gasteiger partial charge in [0.15, 0.2) is 5.82 Å². The SMILES string of the molecule is CC(c1ccc2scnc2c1)N1CCc2cc(Nc3ccncn3)nn2CC1. The second-order valence-corrected chi connectivity index (χ2v) is 7.89. The third kappa shape index (κ3) is 3.36. The Morgan fingerprint density at radius 3 is 2.93 bits per heavy atom. The van der Waals surface area contributed by atoms with Gasteiger partial charge in [-0.1, -0.05) is 6.07 Å². The van der Waals surface area contributed by atoms with E-state index in [1.54, 1.807) is 17.5 Å². The van der Waals surface area contributed by atoms with Gasteiger partial charge in [-0.25, -0.2) is 15.0 Å². The number of rotatable bonds is 4. The molecule has 0 radical (unpaired) electrons. The van der Waals surface area contributed by atoms with Crippen LogP contribution in [0.5, 0.6) is 0 Å². The highest BCUT2D eigenvalue weighted by atomic mass is 32.1. The van der Waals surface area contributed by atoms with Gasteiger partial charge in [0, 0.05) is 43.5 Å². The van der Waals surface area contributed by atoms with Crippen LogP contribution >= 0.6 is 11.3 Å². The first kappa shape index (κ1) is 17.3. The maximum atomic E-state index is 4.72. The van der Waals surface area contributed by atoms with E-state index in [-0.39, 0.29) is 0 Å². The normalized spacial score (nSPS) is 15.9. The number of nitrogens with one attached hydrogen (secondary N) is 1. The van der Waals surface area contributed by atoms with Crippen LogP contribution in [0.2, 0.25) is 0 Å². The molecule has 0 fully saturated rings. The fourth-order valence-corrected chi connectivity index (χ4v) is 4.39. The largest absolute Gasteiger partial charge is 0.323 e. The Morgan fingerprint density at radius 2 is 2.04 bits per heavy atom. The minimum absolute atomic E-state index is 0.356. The van der Waals surface area contributed by atoms with Crippen molar-refractivity contribution in [2.24, 2.45) is 0 Å². The molecular formula is C20H21N7S. The Morgan fingerprint density at radius 1 is 1.07 bits per heavy atom. The van der Waals surface area contributed by atoms with Crippen molar-refractivity contribution >= 4 is 33.2 Å². The summed E-state index contributed by atoms with van der Waals surface area (Å²) in [6.45, 7) is 5.14. The van der Waals surface area contributed by atoms with Crippen molar-refractivity contribution in [3.63, 3.8) is 0 Å². The van der Waals surface area contributed by atoms with Crippen molar-refractivity contribution in [2.75, 3.05) is 18.4 Å². The molecule has 0 aliphatic carbocycles. The first-order chi connectivity index (χ1) is 13.8. The summed E-state index contributed by atoms with van der Waals surface area (Å²) >= 11 is 1.69. The van der Waals surface area contributed by atoms with E-state index in [4.69, 9.17) is 5.10 Å². The van der Waals surface area contributed by atoms with Crippen LogP contribution in [0.4, 0.5) is 11.6 Å². The molecule has 28 heavy (non-hydrogen) atoms. The zero-order valence-electron chi connectivity index (χ0n) is 15.6. The number of fused-ring (bicyclic) bond motifs is 2. The molecule has 5 rings (SSSR count). The molecule has 4 aromatic rings. The maximum absolute atomic E-state index is 4.72. The lowest BCUT2D eigenvalue weighted by molar-refractivity contribution is 0.214. The molecule has 0 spiro atoms. The second kappa shape index (κ2) is 7.29. The Balaban J connectivity index is 1.29. The van der Waals surface area contributed by atoms with E-state index in [1.165, 1.54) is 22.3 Å². The van der Waals surface area contributed by atoms with Gasteiger partial charge in [0.1, 0.15) is 12.1 Å². The fourth-order valence-electron chi connectivity index (χ4n) is 3.73. The molecule has 1 N–H and O–H groups in total. The van der Waals surface area contributed by atoms with Gasteiger partial charge < -0.3 is 5.32 Å². The molecule has 1 aromatic carbocycles. The molecule has 4 heterocycles. The predicted molar refractivity (Wildman–Crippen MR) is 111 cm³/mol. The van der Waals surface area contributed by atoms with Crippen LogP contribution in [0.3, 0.4) is 0 Å². The van der Waals surface area contributed by atoms with Crippen LogP contribution in [0.15, 0.2) is 48.4 Å². The van der Waals surface area contributed by atoms with Gasteiger partial charge in [-0.3, -0.25) is 9.58 Å². The lowest BCUT2D eigenvalue weighted by atomic mass is 10.1. The van der Waals surface area contributed by atoms with Crippen LogP contribution in [0, 0.1) is 0 Å². The third-order valence-electron chi connectivity index (χ3n) is 5.34. The molecule has 1 aliphatic heterocycles. The summed E-state index contributed by atoms with van der Waals surface area (Å²) in [5, 5.41) is 7.97. The summed E-state index contributed by atoms with van der Waals surface area (Å²) in [5.74, 6) is 1.60. The van der Waals surface area contributed by atoms with Gasteiger partial charge in [0.25, 0.3) is 0 Å². The van der Waals surface area contributed by atoms with Crippen molar-refractivity contribution in [3.05, 3.63) is 59.6 Å². The Labute approximate surface area is 167 Å². The fraction of sp³-hybridized carbons (Fsp3) is 0.300. The van der Waals surface area contributed by atoms with E-state index in [1.807, 2.05) is 11.6 Å². The van der Waals surface area contributed by atoms with Gasteiger partial charge in [0.2, 0.25) is 0 Å². The summed E-state index contributed by atoms with van der Waals surface area (Å²) in [5.41, 5.74) is 5.58. The zero-order valence-corrected chi connectivity index (χ0v) is 16.4. The molecule has 0 saturated carbocycles. The number of anilines is 2. The molecule has 0 amide bonds. The second-order valence-electron chi connectivity index (χ2n) is 7.01. The molecule has 0 bridgehead atoms. The van der Waals surface area contributed by atoms with Crippen LogP contribution in [-0.2, 0) is 13.0 Å². The summed E-state index contributed by atoms with van der Waals surface area (Å²) in [6, 6.07) is 11.0. The quantitative estimate of drug-likeness (QED) is 0.573. The number of hydrogen-bond acceptors (Lipinski definition) is 7. The maximum Gasteiger partial charge on any atom is 0.153 e. The van der Waals surface area contributed by atoms with E-state index >= 15 is 0 Å². The van der Waals surface area contributed by atoms with Crippen LogP contribution < -0.4 is 5.32 Å². The lowest BCUT2D eigenvalue weighted by Gasteiger charge is -2.27. The van der Waals surface area contributed by atoms with Gasteiger partial charge in [-0.05, 0) is 30.7 Å². The minimum Gasteiger partial charge on any atom is -0.323 e. The summed E-state index contributed by atoms with van der Waals surface area (Å²) in [4.78, 5) is 15.1. The highest BCUT2D eigenvalue weighted by Gasteiger charge is 2.21. The molecule has 0 saturated heterocycles. The minimum atomic E-state index is 0.356. The van der Waals surface area contributed by atoms with E-state index in [2.05, 4.69) is 61.0 Å². The molecular weight excluding hydrogens is 370 g/mol. The van der Waals surface area contributed by atoms with Gasteiger partial charge in [0.05, 0.1) is 22.3 Å². The molecule has 1 unspecified atom stereocenters. The Bertz CT molecular complexity index is 1060. The molecule has 1 aliphatic rings. The number of hydrogen-bond donors (Lipinski definition) is 1. The van der Waals surface area contributed by atoms with Gasteiger partial charge in [-0.2, -0.15) is 5.10 Å². The van der Waals surface area contributed by atoms with Crippen molar-refractivity contribution in [1.29, 1.82) is 0 Å².